The lowest BCUT2D eigenvalue weighted by Gasteiger charge is -2.26. The summed E-state index contributed by atoms with van der Waals surface area (Å²) in [5.74, 6) is 2.80. The summed E-state index contributed by atoms with van der Waals surface area (Å²) in [6.07, 6.45) is 7.93. The zero-order valence-electron chi connectivity index (χ0n) is 14.7. The Hall–Kier alpha value is -1.96. The molecule has 1 aromatic heterocycles. The minimum Gasteiger partial charge on any atom is -0.496 e. The van der Waals surface area contributed by atoms with Gasteiger partial charge in [0.2, 0.25) is 0 Å². The van der Waals surface area contributed by atoms with Crippen LogP contribution in [0, 0.1) is 11.8 Å². The Kier molecular flexibility index (Phi) is 4.22. The van der Waals surface area contributed by atoms with Gasteiger partial charge in [-0.05, 0) is 42.4 Å². The Morgan fingerprint density at radius 3 is 2.58 bits per heavy atom. The number of fused-ring (bicyclic) bond motifs is 3. The Bertz CT molecular complexity index is 838. The van der Waals surface area contributed by atoms with E-state index in [4.69, 9.17) is 9.15 Å². The number of para-hydroxylation sites is 1. The van der Waals surface area contributed by atoms with Gasteiger partial charge in [-0.25, -0.2) is 0 Å². The Morgan fingerprint density at radius 2 is 1.79 bits per heavy atom. The lowest BCUT2D eigenvalue weighted by Crippen LogP contribution is -2.13. The van der Waals surface area contributed by atoms with Crippen molar-refractivity contribution >= 4 is 21.9 Å². The molecular formula is C22H26O2. The van der Waals surface area contributed by atoms with Crippen LogP contribution >= 0.6 is 0 Å². The molecule has 2 nitrogen and oxygen atoms in total. The molecule has 0 bridgehead atoms. The summed E-state index contributed by atoms with van der Waals surface area (Å²) in [7, 11) is 1.78. The summed E-state index contributed by atoms with van der Waals surface area (Å²) in [6, 6.07) is 12.5. The summed E-state index contributed by atoms with van der Waals surface area (Å²) in [5.41, 5.74) is 3.17. The Balaban J connectivity index is 1.64. The SMILES string of the molecule is COc1c(CCC2CCC(C)CC2)ccc2oc3ccccc3c12. The first-order chi connectivity index (χ1) is 11.8. The fraction of sp³-hybridized carbons (Fsp3) is 0.455. The minimum absolute atomic E-state index is 0.877. The van der Waals surface area contributed by atoms with Crippen molar-refractivity contribution in [3.63, 3.8) is 0 Å². The number of furan rings is 1. The average Bonchev–Trinajstić information content (AvgIpc) is 2.99. The maximum absolute atomic E-state index is 5.98. The van der Waals surface area contributed by atoms with Gasteiger partial charge < -0.3 is 9.15 Å². The van der Waals surface area contributed by atoms with Crippen LogP contribution in [-0.4, -0.2) is 7.11 Å². The van der Waals surface area contributed by atoms with Crippen LogP contribution in [0.4, 0.5) is 0 Å². The van der Waals surface area contributed by atoms with Crippen LogP contribution in [0.5, 0.6) is 5.75 Å². The maximum atomic E-state index is 5.98. The highest BCUT2D eigenvalue weighted by atomic mass is 16.5. The number of aryl methyl sites for hydroxylation is 1. The first-order valence-corrected chi connectivity index (χ1v) is 9.23. The van der Waals surface area contributed by atoms with Crippen LogP contribution in [0.3, 0.4) is 0 Å². The molecule has 126 valence electrons. The van der Waals surface area contributed by atoms with Crippen molar-refractivity contribution in [3.05, 3.63) is 42.0 Å². The molecule has 1 heterocycles. The number of hydrogen-bond donors (Lipinski definition) is 0. The molecule has 0 amide bonds. The molecule has 1 fully saturated rings. The highest BCUT2D eigenvalue weighted by molar-refractivity contribution is 6.08. The first kappa shape index (κ1) is 15.6. The van der Waals surface area contributed by atoms with Gasteiger partial charge in [-0.15, -0.1) is 0 Å². The molecule has 2 aromatic carbocycles. The van der Waals surface area contributed by atoms with E-state index < -0.39 is 0 Å². The number of hydrogen-bond acceptors (Lipinski definition) is 2. The van der Waals surface area contributed by atoms with Gasteiger partial charge in [-0.1, -0.05) is 56.9 Å². The molecule has 0 radical (unpaired) electrons. The molecule has 0 N–H and O–H groups in total. The summed E-state index contributed by atoms with van der Waals surface area (Å²) in [5, 5.41) is 2.28. The summed E-state index contributed by atoms with van der Waals surface area (Å²) >= 11 is 0. The Labute approximate surface area is 143 Å². The van der Waals surface area contributed by atoms with E-state index in [9.17, 15) is 0 Å². The van der Waals surface area contributed by atoms with Gasteiger partial charge in [0.1, 0.15) is 16.9 Å². The van der Waals surface area contributed by atoms with Gasteiger partial charge >= 0.3 is 0 Å². The first-order valence-electron chi connectivity index (χ1n) is 9.23. The van der Waals surface area contributed by atoms with Gasteiger partial charge in [0.25, 0.3) is 0 Å². The van der Waals surface area contributed by atoms with Crippen LogP contribution < -0.4 is 4.74 Å². The third-order valence-electron chi connectivity index (χ3n) is 5.74. The lowest BCUT2D eigenvalue weighted by molar-refractivity contribution is 0.277. The zero-order chi connectivity index (χ0) is 16.5. The molecule has 0 atom stereocenters. The second kappa shape index (κ2) is 6.51. The smallest absolute Gasteiger partial charge is 0.139 e. The van der Waals surface area contributed by atoms with Crippen LogP contribution in [0.1, 0.15) is 44.6 Å². The van der Waals surface area contributed by atoms with Crippen molar-refractivity contribution in [2.45, 2.75) is 45.4 Å². The van der Waals surface area contributed by atoms with E-state index in [1.807, 2.05) is 12.1 Å². The second-order valence-corrected chi connectivity index (χ2v) is 7.39. The maximum Gasteiger partial charge on any atom is 0.139 e. The van der Waals surface area contributed by atoms with Crippen molar-refractivity contribution in [2.75, 3.05) is 7.11 Å². The van der Waals surface area contributed by atoms with Crippen LogP contribution in [0.25, 0.3) is 21.9 Å². The Morgan fingerprint density at radius 1 is 1.00 bits per heavy atom. The highest BCUT2D eigenvalue weighted by Gasteiger charge is 2.20. The third-order valence-corrected chi connectivity index (χ3v) is 5.74. The monoisotopic (exact) mass is 322 g/mol. The average molecular weight is 322 g/mol. The largest absolute Gasteiger partial charge is 0.496 e. The van der Waals surface area contributed by atoms with Crippen molar-refractivity contribution < 1.29 is 9.15 Å². The van der Waals surface area contributed by atoms with E-state index >= 15 is 0 Å². The van der Waals surface area contributed by atoms with E-state index in [1.54, 1.807) is 7.11 Å². The van der Waals surface area contributed by atoms with Gasteiger partial charge in [0.15, 0.2) is 0 Å². The number of rotatable bonds is 4. The van der Waals surface area contributed by atoms with Gasteiger partial charge in [-0.3, -0.25) is 0 Å². The van der Waals surface area contributed by atoms with Crippen LogP contribution in [0.2, 0.25) is 0 Å². The molecule has 1 saturated carbocycles. The molecule has 0 saturated heterocycles. The van der Waals surface area contributed by atoms with Gasteiger partial charge in [0.05, 0.1) is 12.5 Å². The molecule has 2 heteroatoms. The van der Waals surface area contributed by atoms with E-state index in [1.165, 1.54) is 37.7 Å². The molecule has 4 rings (SSSR count). The molecule has 0 unspecified atom stereocenters. The normalized spacial score (nSPS) is 21.4. The molecule has 3 aromatic rings. The third kappa shape index (κ3) is 2.79. The number of methoxy groups -OCH3 is 1. The van der Waals surface area contributed by atoms with Crippen LogP contribution in [-0.2, 0) is 6.42 Å². The van der Waals surface area contributed by atoms with E-state index in [0.717, 1.165) is 45.9 Å². The van der Waals surface area contributed by atoms with Crippen molar-refractivity contribution in [2.24, 2.45) is 11.8 Å². The van der Waals surface area contributed by atoms with Gasteiger partial charge in [0, 0.05) is 5.39 Å². The standard InChI is InChI=1S/C22H26O2/c1-15-7-9-16(10-8-15)11-12-17-13-14-20-21(22(17)23-2)18-5-3-4-6-19(18)24-20/h3-6,13-16H,7-12H2,1-2H3. The molecule has 0 spiro atoms. The predicted octanol–water partition coefficient (Wildman–Crippen LogP) is 6.35. The van der Waals surface area contributed by atoms with E-state index in [0.29, 0.717) is 0 Å². The quantitative estimate of drug-likeness (QED) is 0.558. The van der Waals surface area contributed by atoms with Crippen molar-refractivity contribution in [3.8, 4) is 5.75 Å². The van der Waals surface area contributed by atoms with Crippen molar-refractivity contribution in [1.82, 2.24) is 0 Å². The minimum atomic E-state index is 0.877. The molecule has 0 aliphatic heterocycles. The summed E-state index contributed by atoms with van der Waals surface area (Å²) < 4.78 is 11.8. The molecule has 24 heavy (non-hydrogen) atoms. The number of benzene rings is 2. The van der Waals surface area contributed by atoms with Crippen LogP contribution in [0.15, 0.2) is 40.8 Å². The summed E-state index contributed by atoms with van der Waals surface area (Å²) in [4.78, 5) is 0. The fourth-order valence-corrected chi connectivity index (χ4v) is 4.24. The molecular weight excluding hydrogens is 296 g/mol. The molecule has 1 aliphatic carbocycles. The fourth-order valence-electron chi connectivity index (χ4n) is 4.24. The summed E-state index contributed by atoms with van der Waals surface area (Å²) in [6.45, 7) is 2.39. The lowest BCUT2D eigenvalue weighted by atomic mass is 9.80. The van der Waals surface area contributed by atoms with Gasteiger partial charge in [-0.2, -0.15) is 0 Å². The predicted molar refractivity (Wildman–Crippen MR) is 99.7 cm³/mol. The molecule has 1 aliphatic rings. The van der Waals surface area contributed by atoms with E-state index in [2.05, 4.69) is 31.2 Å². The zero-order valence-corrected chi connectivity index (χ0v) is 14.7. The second-order valence-electron chi connectivity index (χ2n) is 7.39. The topological polar surface area (TPSA) is 22.4 Å². The number of ether oxygens (including phenoxy) is 1. The highest BCUT2D eigenvalue weighted by Crippen LogP contribution is 2.39. The van der Waals surface area contributed by atoms with Crippen molar-refractivity contribution in [1.29, 1.82) is 0 Å². The van der Waals surface area contributed by atoms with E-state index in [-0.39, 0.29) is 0 Å².